The molecule has 0 bridgehead atoms. The minimum atomic E-state index is 0.680. The molecule has 1 unspecified atom stereocenters. The molecule has 1 N–H and O–H groups in total. The zero-order valence-electron chi connectivity index (χ0n) is 14.2. The van der Waals surface area contributed by atoms with E-state index in [2.05, 4.69) is 39.3 Å². The molecule has 1 fully saturated rings. The Hall–Kier alpha value is -1.17. The Labute approximate surface area is 134 Å². The molecule has 22 heavy (non-hydrogen) atoms. The van der Waals surface area contributed by atoms with Crippen molar-refractivity contribution in [3.8, 4) is 0 Å². The molecule has 0 amide bonds. The summed E-state index contributed by atoms with van der Waals surface area (Å²) in [6.07, 6.45) is 5.80. The van der Waals surface area contributed by atoms with Crippen LogP contribution in [0.1, 0.15) is 24.8 Å². The maximum atomic E-state index is 5.11. The second-order valence-electron chi connectivity index (χ2n) is 6.19. The minimum absolute atomic E-state index is 0.680. The Bertz CT molecular complexity index is 415. The van der Waals surface area contributed by atoms with Crippen LogP contribution in [0.2, 0.25) is 0 Å². The standard InChI is InChI=1S/C17H30N4O/c1-20(11-12-22-3)17-7-6-15(13-19-17)14-21(2)16-5-4-9-18-10-8-16/h6-7,13,16,18H,4-5,8-12,14H2,1-3H3. The van der Waals surface area contributed by atoms with Gasteiger partial charge in [0.05, 0.1) is 6.61 Å². The molecule has 1 aromatic rings. The third kappa shape index (κ3) is 5.23. The Morgan fingerprint density at radius 2 is 2.14 bits per heavy atom. The van der Waals surface area contributed by atoms with Gasteiger partial charge in [-0.15, -0.1) is 0 Å². The first-order chi connectivity index (χ1) is 10.7. The van der Waals surface area contributed by atoms with E-state index in [-0.39, 0.29) is 0 Å². The number of ether oxygens (including phenoxy) is 1. The highest BCUT2D eigenvalue weighted by molar-refractivity contribution is 5.38. The lowest BCUT2D eigenvalue weighted by atomic mass is 10.1. The van der Waals surface area contributed by atoms with E-state index in [9.17, 15) is 0 Å². The molecular weight excluding hydrogens is 276 g/mol. The highest BCUT2D eigenvalue weighted by atomic mass is 16.5. The first-order valence-corrected chi connectivity index (χ1v) is 8.26. The second kappa shape index (κ2) is 9.08. The van der Waals surface area contributed by atoms with Gasteiger partial charge in [-0.2, -0.15) is 0 Å². The van der Waals surface area contributed by atoms with Crippen LogP contribution in [0.5, 0.6) is 0 Å². The molecule has 0 aliphatic carbocycles. The van der Waals surface area contributed by atoms with Gasteiger partial charge in [-0.3, -0.25) is 4.90 Å². The number of aromatic nitrogens is 1. The number of pyridine rings is 1. The number of hydrogen-bond acceptors (Lipinski definition) is 5. The zero-order chi connectivity index (χ0) is 15.8. The zero-order valence-corrected chi connectivity index (χ0v) is 14.2. The highest BCUT2D eigenvalue weighted by Crippen LogP contribution is 2.16. The van der Waals surface area contributed by atoms with Crippen molar-refractivity contribution >= 4 is 5.82 Å². The van der Waals surface area contributed by atoms with Gasteiger partial charge in [-0.25, -0.2) is 4.98 Å². The molecule has 1 aromatic heterocycles. The van der Waals surface area contributed by atoms with Gasteiger partial charge in [0.2, 0.25) is 0 Å². The van der Waals surface area contributed by atoms with Crippen LogP contribution in [0.3, 0.4) is 0 Å². The fourth-order valence-corrected chi connectivity index (χ4v) is 2.94. The van der Waals surface area contributed by atoms with Crippen LogP contribution in [-0.2, 0) is 11.3 Å². The van der Waals surface area contributed by atoms with Gasteiger partial charge in [0, 0.05) is 39.5 Å². The number of nitrogens with zero attached hydrogens (tertiary/aromatic N) is 3. The molecule has 2 rings (SSSR count). The normalized spacial score (nSPS) is 19.2. The summed E-state index contributed by atoms with van der Waals surface area (Å²) in [6.45, 7) is 4.85. The molecule has 2 heterocycles. The molecule has 1 aliphatic heterocycles. The van der Waals surface area contributed by atoms with Crippen LogP contribution >= 0.6 is 0 Å². The quantitative estimate of drug-likeness (QED) is 0.831. The third-order valence-electron chi connectivity index (χ3n) is 4.43. The van der Waals surface area contributed by atoms with Crippen LogP contribution in [-0.4, -0.2) is 63.4 Å². The van der Waals surface area contributed by atoms with Crippen LogP contribution in [0.25, 0.3) is 0 Å². The second-order valence-corrected chi connectivity index (χ2v) is 6.19. The van der Waals surface area contributed by atoms with Crippen molar-refractivity contribution in [1.29, 1.82) is 0 Å². The molecule has 0 aromatic carbocycles. The van der Waals surface area contributed by atoms with Gasteiger partial charge < -0.3 is 15.0 Å². The lowest BCUT2D eigenvalue weighted by Gasteiger charge is -2.27. The van der Waals surface area contributed by atoms with Gasteiger partial charge in [-0.05, 0) is 51.0 Å². The number of anilines is 1. The summed E-state index contributed by atoms with van der Waals surface area (Å²) in [4.78, 5) is 9.17. The summed E-state index contributed by atoms with van der Waals surface area (Å²) in [5.74, 6) is 1.00. The number of hydrogen-bond donors (Lipinski definition) is 1. The number of likely N-dealkylation sites (N-methyl/N-ethyl adjacent to an activating group) is 1. The predicted octanol–water partition coefficient (Wildman–Crippen LogP) is 1.74. The van der Waals surface area contributed by atoms with Gasteiger partial charge in [0.25, 0.3) is 0 Å². The summed E-state index contributed by atoms with van der Waals surface area (Å²) in [6, 6.07) is 4.98. The van der Waals surface area contributed by atoms with Gasteiger partial charge in [-0.1, -0.05) is 6.07 Å². The number of rotatable bonds is 7. The van der Waals surface area contributed by atoms with Crippen molar-refractivity contribution < 1.29 is 4.74 Å². The number of methoxy groups -OCH3 is 1. The summed E-state index contributed by atoms with van der Waals surface area (Å²) >= 11 is 0. The first kappa shape index (κ1) is 17.2. The molecule has 5 heteroatoms. The average molecular weight is 306 g/mol. The molecular formula is C17H30N4O. The molecule has 124 valence electrons. The van der Waals surface area contributed by atoms with E-state index in [0.717, 1.165) is 38.6 Å². The molecule has 5 nitrogen and oxygen atoms in total. The monoisotopic (exact) mass is 306 g/mol. The Kier molecular flexibility index (Phi) is 7.09. The highest BCUT2D eigenvalue weighted by Gasteiger charge is 2.16. The smallest absolute Gasteiger partial charge is 0.128 e. The Morgan fingerprint density at radius 1 is 1.27 bits per heavy atom. The minimum Gasteiger partial charge on any atom is -0.383 e. The Balaban J connectivity index is 1.87. The fraction of sp³-hybridized carbons (Fsp3) is 0.706. The third-order valence-corrected chi connectivity index (χ3v) is 4.43. The van der Waals surface area contributed by atoms with E-state index in [1.54, 1.807) is 7.11 Å². The molecule has 0 spiro atoms. The molecule has 1 saturated heterocycles. The largest absolute Gasteiger partial charge is 0.383 e. The van der Waals surface area contributed by atoms with Gasteiger partial charge in [0.15, 0.2) is 0 Å². The maximum Gasteiger partial charge on any atom is 0.128 e. The van der Waals surface area contributed by atoms with E-state index in [0.29, 0.717) is 6.04 Å². The summed E-state index contributed by atoms with van der Waals surface area (Å²) < 4.78 is 5.11. The molecule has 1 atom stereocenters. The number of nitrogens with one attached hydrogen (secondary N) is 1. The SMILES string of the molecule is COCCN(C)c1ccc(CN(C)C2CCCNCC2)cn1. The van der Waals surface area contributed by atoms with E-state index >= 15 is 0 Å². The Morgan fingerprint density at radius 3 is 2.86 bits per heavy atom. The lowest BCUT2D eigenvalue weighted by molar-refractivity contribution is 0.206. The maximum absolute atomic E-state index is 5.11. The topological polar surface area (TPSA) is 40.6 Å². The van der Waals surface area contributed by atoms with Crippen LogP contribution in [0.4, 0.5) is 5.82 Å². The van der Waals surface area contributed by atoms with Crippen LogP contribution in [0, 0.1) is 0 Å². The average Bonchev–Trinajstić information content (AvgIpc) is 2.82. The van der Waals surface area contributed by atoms with E-state index in [1.165, 1.54) is 24.8 Å². The summed E-state index contributed by atoms with van der Waals surface area (Å²) in [5.41, 5.74) is 1.28. The van der Waals surface area contributed by atoms with Crippen molar-refractivity contribution in [3.63, 3.8) is 0 Å². The summed E-state index contributed by atoms with van der Waals surface area (Å²) in [5, 5.41) is 3.48. The fourth-order valence-electron chi connectivity index (χ4n) is 2.94. The molecule has 0 radical (unpaired) electrons. The first-order valence-electron chi connectivity index (χ1n) is 8.26. The summed E-state index contributed by atoms with van der Waals surface area (Å²) in [7, 11) is 6.00. The van der Waals surface area contributed by atoms with Crippen molar-refractivity contribution in [3.05, 3.63) is 23.9 Å². The predicted molar refractivity (Wildman–Crippen MR) is 91.4 cm³/mol. The van der Waals surface area contributed by atoms with Crippen molar-refractivity contribution in [2.75, 3.05) is 52.3 Å². The van der Waals surface area contributed by atoms with Crippen molar-refractivity contribution in [2.45, 2.75) is 31.8 Å². The van der Waals surface area contributed by atoms with Gasteiger partial charge in [0.1, 0.15) is 5.82 Å². The van der Waals surface area contributed by atoms with Crippen molar-refractivity contribution in [2.24, 2.45) is 0 Å². The van der Waals surface area contributed by atoms with Crippen LogP contribution < -0.4 is 10.2 Å². The van der Waals surface area contributed by atoms with Crippen LogP contribution in [0.15, 0.2) is 18.3 Å². The van der Waals surface area contributed by atoms with Gasteiger partial charge >= 0.3 is 0 Å². The molecule has 0 saturated carbocycles. The lowest BCUT2D eigenvalue weighted by Crippen LogP contribution is -2.32. The molecule has 1 aliphatic rings. The van der Waals surface area contributed by atoms with Crippen molar-refractivity contribution in [1.82, 2.24) is 15.2 Å². The van der Waals surface area contributed by atoms with E-state index in [4.69, 9.17) is 4.74 Å². The van der Waals surface area contributed by atoms with E-state index < -0.39 is 0 Å². The van der Waals surface area contributed by atoms with E-state index in [1.807, 2.05) is 13.2 Å².